The molecule has 3 atom stereocenters. The lowest BCUT2D eigenvalue weighted by molar-refractivity contribution is -0.118. The molecule has 6 rings (SSSR count). The van der Waals surface area contributed by atoms with E-state index in [4.69, 9.17) is 4.74 Å². The molecule has 0 bridgehead atoms. The van der Waals surface area contributed by atoms with E-state index in [0.717, 1.165) is 16.8 Å². The fraction of sp³-hybridized carbons (Fsp3) is 0.258. The highest BCUT2D eigenvalue weighted by molar-refractivity contribution is 6.32. The highest BCUT2D eigenvalue weighted by atomic mass is 16.5. The average Bonchev–Trinajstić information content (AvgIpc) is 3.31. The predicted octanol–water partition coefficient (Wildman–Crippen LogP) is 5.42. The van der Waals surface area contributed by atoms with Gasteiger partial charge in [0, 0.05) is 28.3 Å². The molecule has 0 radical (unpaired) electrons. The van der Waals surface area contributed by atoms with Gasteiger partial charge in [-0.25, -0.2) is 0 Å². The summed E-state index contributed by atoms with van der Waals surface area (Å²) in [5.41, 5.74) is 2.96. The second-order valence-electron chi connectivity index (χ2n) is 9.85. The highest BCUT2D eigenvalue weighted by Gasteiger charge is 2.71. The number of para-hydroxylation sites is 1. The molecule has 1 aliphatic carbocycles. The van der Waals surface area contributed by atoms with E-state index in [0.29, 0.717) is 29.0 Å². The first-order valence-corrected chi connectivity index (χ1v) is 12.4. The van der Waals surface area contributed by atoms with Gasteiger partial charge in [0.1, 0.15) is 11.2 Å². The van der Waals surface area contributed by atoms with Crippen LogP contribution in [0.1, 0.15) is 57.2 Å². The molecular weight excluding hydrogens is 450 g/mol. The summed E-state index contributed by atoms with van der Waals surface area (Å²) in [5.74, 6) is -0.656. The summed E-state index contributed by atoms with van der Waals surface area (Å²) >= 11 is 0. The molecule has 0 saturated carbocycles. The van der Waals surface area contributed by atoms with E-state index < -0.39 is 23.4 Å². The summed E-state index contributed by atoms with van der Waals surface area (Å²) in [6.45, 7) is 5.89. The van der Waals surface area contributed by atoms with Crippen molar-refractivity contribution in [1.82, 2.24) is 0 Å². The van der Waals surface area contributed by atoms with Crippen LogP contribution in [0.15, 0.2) is 72.8 Å². The van der Waals surface area contributed by atoms with Crippen LogP contribution >= 0.6 is 0 Å². The van der Waals surface area contributed by atoms with E-state index in [9.17, 15) is 14.4 Å². The normalized spacial score (nSPS) is 23.0. The van der Waals surface area contributed by atoms with Gasteiger partial charge in [0.25, 0.3) is 0 Å². The van der Waals surface area contributed by atoms with Crippen molar-refractivity contribution in [2.45, 2.75) is 38.8 Å². The quantitative estimate of drug-likeness (QED) is 0.470. The first-order valence-electron chi connectivity index (χ1n) is 12.4. The number of hydrogen-bond acceptors (Lipinski definition) is 5. The smallest absolute Gasteiger partial charge is 0.180 e. The molecule has 1 saturated heterocycles. The number of Topliss-reactive ketones (excluding diaryl/α,β-unsaturated/α-hetero) is 3. The number of anilines is 1. The Bertz CT molecular complexity index is 1430. The number of fused-ring (bicyclic) bond motifs is 5. The zero-order chi connectivity index (χ0) is 25.2. The molecule has 2 heterocycles. The molecule has 5 heteroatoms. The van der Waals surface area contributed by atoms with Crippen LogP contribution in [0.4, 0.5) is 5.69 Å². The molecule has 5 nitrogen and oxygen atoms in total. The molecule has 0 N–H and O–H groups in total. The average molecular weight is 478 g/mol. The number of hydrogen-bond donors (Lipinski definition) is 0. The predicted molar refractivity (Wildman–Crippen MR) is 139 cm³/mol. The molecule has 3 aromatic rings. The van der Waals surface area contributed by atoms with Crippen molar-refractivity contribution in [3.63, 3.8) is 0 Å². The minimum atomic E-state index is -1.48. The molecule has 36 heavy (non-hydrogen) atoms. The fourth-order valence-corrected chi connectivity index (χ4v) is 6.59. The zero-order valence-electron chi connectivity index (χ0n) is 20.5. The minimum absolute atomic E-state index is 0.0903. The van der Waals surface area contributed by atoms with Gasteiger partial charge in [-0.3, -0.25) is 14.4 Å². The van der Waals surface area contributed by atoms with Crippen molar-refractivity contribution in [3.05, 3.63) is 101 Å². The zero-order valence-corrected chi connectivity index (χ0v) is 20.5. The van der Waals surface area contributed by atoms with Gasteiger partial charge in [-0.2, -0.15) is 0 Å². The molecule has 180 valence electrons. The molecule has 2 aliphatic heterocycles. The Balaban J connectivity index is 1.70. The SMILES string of the molecule is CCOc1ccccc1[C@H]1[C@@H](C(C)=O)N2c3cc(C)ccc3C=C[C@@H]2C12C(=O)c1ccccc1C2=O. The van der Waals surface area contributed by atoms with Gasteiger partial charge >= 0.3 is 0 Å². The Kier molecular flexibility index (Phi) is 5.01. The van der Waals surface area contributed by atoms with Gasteiger partial charge in [0.15, 0.2) is 17.3 Å². The third kappa shape index (κ3) is 2.80. The molecule has 3 aromatic carbocycles. The molecular formula is C31H27NO4. The Morgan fingerprint density at radius 2 is 1.64 bits per heavy atom. The van der Waals surface area contributed by atoms with E-state index in [1.807, 2.05) is 73.4 Å². The minimum Gasteiger partial charge on any atom is -0.494 e. The number of nitrogens with zero attached hydrogens (tertiary/aromatic N) is 1. The van der Waals surface area contributed by atoms with Gasteiger partial charge in [-0.05, 0) is 44.0 Å². The fourth-order valence-electron chi connectivity index (χ4n) is 6.59. The van der Waals surface area contributed by atoms with Crippen LogP contribution in [-0.4, -0.2) is 36.0 Å². The van der Waals surface area contributed by atoms with E-state index >= 15 is 0 Å². The topological polar surface area (TPSA) is 63.7 Å². The number of benzene rings is 3. The van der Waals surface area contributed by atoms with Crippen molar-refractivity contribution in [3.8, 4) is 5.75 Å². The molecule has 1 fully saturated rings. The van der Waals surface area contributed by atoms with Crippen LogP contribution in [0.25, 0.3) is 6.08 Å². The Morgan fingerprint density at radius 3 is 2.31 bits per heavy atom. The van der Waals surface area contributed by atoms with Gasteiger partial charge in [-0.15, -0.1) is 0 Å². The lowest BCUT2D eigenvalue weighted by atomic mass is 9.64. The van der Waals surface area contributed by atoms with Gasteiger partial charge < -0.3 is 9.64 Å². The van der Waals surface area contributed by atoms with Crippen molar-refractivity contribution >= 4 is 29.1 Å². The van der Waals surface area contributed by atoms with Gasteiger partial charge in [0.2, 0.25) is 0 Å². The summed E-state index contributed by atoms with van der Waals surface area (Å²) in [4.78, 5) is 44.5. The van der Waals surface area contributed by atoms with Crippen LogP contribution in [-0.2, 0) is 4.79 Å². The van der Waals surface area contributed by atoms with Crippen LogP contribution in [0, 0.1) is 12.3 Å². The van der Waals surface area contributed by atoms with Gasteiger partial charge in [-0.1, -0.05) is 66.7 Å². The lowest BCUT2D eigenvalue weighted by Gasteiger charge is -2.37. The van der Waals surface area contributed by atoms with Crippen LogP contribution < -0.4 is 9.64 Å². The summed E-state index contributed by atoms with van der Waals surface area (Å²) in [5, 5.41) is 0. The maximum atomic E-state index is 14.5. The largest absolute Gasteiger partial charge is 0.494 e. The lowest BCUT2D eigenvalue weighted by Crippen LogP contribution is -2.48. The molecule has 3 aliphatic rings. The molecule has 0 aromatic heterocycles. The Labute approximate surface area is 210 Å². The van der Waals surface area contributed by atoms with Crippen molar-refractivity contribution < 1.29 is 19.1 Å². The molecule has 1 spiro atoms. The van der Waals surface area contributed by atoms with E-state index in [-0.39, 0.29) is 17.3 Å². The van der Waals surface area contributed by atoms with Crippen molar-refractivity contribution in [2.24, 2.45) is 5.41 Å². The first-order chi connectivity index (χ1) is 17.4. The number of aryl methyl sites for hydroxylation is 1. The maximum absolute atomic E-state index is 14.5. The summed E-state index contributed by atoms with van der Waals surface area (Å²) in [6, 6.07) is 19.3. The van der Waals surface area contributed by atoms with Crippen molar-refractivity contribution in [1.29, 1.82) is 0 Å². The number of carbonyl (C=O) groups excluding carboxylic acids is 3. The van der Waals surface area contributed by atoms with E-state index in [2.05, 4.69) is 0 Å². The number of ether oxygens (including phenoxy) is 1. The summed E-state index contributed by atoms with van der Waals surface area (Å²) in [7, 11) is 0. The summed E-state index contributed by atoms with van der Waals surface area (Å²) < 4.78 is 6.00. The third-order valence-corrected chi connectivity index (χ3v) is 7.93. The van der Waals surface area contributed by atoms with Crippen LogP contribution in [0.3, 0.4) is 0 Å². The third-order valence-electron chi connectivity index (χ3n) is 7.93. The Hall–Kier alpha value is -3.99. The monoisotopic (exact) mass is 477 g/mol. The van der Waals surface area contributed by atoms with Crippen molar-refractivity contribution in [2.75, 3.05) is 11.5 Å². The maximum Gasteiger partial charge on any atom is 0.180 e. The van der Waals surface area contributed by atoms with Crippen LogP contribution in [0.5, 0.6) is 5.75 Å². The van der Waals surface area contributed by atoms with E-state index in [1.165, 1.54) is 0 Å². The second-order valence-corrected chi connectivity index (χ2v) is 9.85. The number of rotatable bonds is 4. The van der Waals surface area contributed by atoms with E-state index in [1.54, 1.807) is 31.2 Å². The molecule has 0 amide bonds. The second kappa shape index (κ2) is 8.02. The van der Waals surface area contributed by atoms with Gasteiger partial charge in [0.05, 0.1) is 18.7 Å². The van der Waals surface area contributed by atoms with Crippen LogP contribution in [0.2, 0.25) is 0 Å². The molecule has 0 unspecified atom stereocenters. The first kappa shape index (κ1) is 22.5. The highest BCUT2D eigenvalue weighted by Crippen LogP contribution is 2.61. The Morgan fingerprint density at radius 1 is 0.972 bits per heavy atom. The standard InChI is InChI=1S/C31H27NO4/c1-4-36-25-12-8-7-11-23(25)27-28(19(3)33)32-24-17-18(2)13-14-20(24)15-16-26(32)31(27)29(34)21-9-5-6-10-22(21)30(31)35/h5-17,26-28H,4H2,1-3H3/t26-,27+,28-/m1/s1. The summed E-state index contributed by atoms with van der Waals surface area (Å²) in [6.07, 6.45) is 3.92. The number of ketones is 3. The number of carbonyl (C=O) groups is 3.